The summed E-state index contributed by atoms with van der Waals surface area (Å²) in [5, 5.41) is 3.21. The second kappa shape index (κ2) is 6.23. The molecule has 0 spiro atoms. The molecule has 104 valence electrons. The number of benzene rings is 1. The molecule has 0 aliphatic carbocycles. The lowest BCUT2D eigenvalue weighted by atomic mass is 10.1. The molecule has 1 aliphatic heterocycles. The predicted molar refractivity (Wildman–Crippen MR) is 74.9 cm³/mol. The monoisotopic (exact) mass is 283 g/mol. The van der Waals surface area contributed by atoms with E-state index in [2.05, 4.69) is 10.2 Å². The number of nitrogens with zero attached hydrogens (tertiary/aromatic N) is 1. The molecular weight excluding hydrogens is 266 g/mol. The number of carbonyl (C=O) groups is 1. The van der Waals surface area contributed by atoms with E-state index >= 15 is 0 Å². The Morgan fingerprint density at radius 2 is 2.42 bits per heavy atom. The largest absolute Gasteiger partial charge is 0.398 e. The average molecular weight is 284 g/mol. The number of ether oxygens (including phenoxy) is 1. The van der Waals surface area contributed by atoms with E-state index in [0.29, 0.717) is 30.5 Å². The number of hydrogen-bond donors (Lipinski definition) is 2. The lowest BCUT2D eigenvalue weighted by Crippen LogP contribution is -2.52. The molecule has 0 radical (unpaired) electrons. The van der Waals surface area contributed by atoms with Crippen LogP contribution in [-0.2, 0) is 16.1 Å². The van der Waals surface area contributed by atoms with E-state index < -0.39 is 0 Å². The first-order valence-corrected chi connectivity index (χ1v) is 6.57. The van der Waals surface area contributed by atoms with Crippen LogP contribution in [0.4, 0.5) is 5.69 Å². The SMILES string of the molecule is CNC(=O)C1COCCN1Cc1ccc(Cl)c(N)c1. The fourth-order valence-electron chi connectivity index (χ4n) is 2.16. The van der Waals surface area contributed by atoms with Gasteiger partial charge < -0.3 is 15.8 Å². The second-order valence-corrected chi connectivity index (χ2v) is 4.94. The highest BCUT2D eigenvalue weighted by Gasteiger charge is 2.28. The highest BCUT2D eigenvalue weighted by Crippen LogP contribution is 2.21. The Hall–Kier alpha value is -1.30. The van der Waals surface area contributed by atoms with E-state index in [-0.39, 0.29) is 11.9 Å². The van der Waals surface area contributed by atoms with Crippen molar-refractivity contribution in [3.05, 3.63) is 28.8 Å². The number of morpholine rings is 1. The van der Waals surface area contributed by atoms with Gasteiger partial charge in [-0.1, -0.05) is 17.7 Å². The highest BCUT2D eigenvalue weighted by atomic mass is 35.5. The minimum absolute atomic E-state index is 0.0263. The number of amides is 1. The first-order chi connectivity index (χ1) is 9.11. The van der Waals surface area contributed by atoms with Crippen molar-refractivity contribution < 1.29 is 9.53 Å². The van der Waals surface area contributed by atoms with Gasteiger partial charge in [0.05, 0.1) is 23.9 Å². The second-order valence-electron chi connectivity index (χ2n) is 4.53. The van der Waals surface area contributed by atoms with Gasteiger partial charge >= 0.3 is 0 Å². The topological polar surface area (TPSA) is 67.6 Å². The zero-order valence-corrected chi connectivity index (χ0v) is 11.6. The summed E-state index contributed by atoms with van der Waals surface area (Å²) in [6.45, 7) is 2.43. The van der Waals surface area contributed by atoms with Gasteiger partial charge in [0.1, 0.15) is 6.04 Å². The van der Waals surface area contributed by atoms with Crippen LogP contribution in [0, 0.1) is 0 Å². The normalized spacial score (nSPS) is 20.2. The molecule has 3 N–H and O–H groups in total. The van der Waals surface area contributed by atoms with E-state index in [0.717, 1.165) is 12.1 Å². The molecule has 1 amide bonds. The summed E-state index contributed by atoms with van der Waals surface area (Å²) in [6, 6.07) is 5.30. The van der Waals surface area contributed by atoms with Crippen molar-refractivity contribution in [3.63, 3.8) is 0 Å². The Kier molecular flexibility index (Phi) is 4.63. The quantitative estimate of drug-likeness (QED) is 0.808. The van der Waals surface area contributed by atoms with E-state index in [1.165, 1.54) is 0 Å². The Bertz CT molecular complexity index is 467. The molecule has 1 aromatic rings. The molecule has 1 unspecified atom stereocenters. The van der Waals surface area contributed by atoms with Gasteiger partial charge in [-0.2, -0.15) is 0 Å². The zero-order valence-electron chi connectivity index (χ0n) is 10.9. The smallest absolute Gasteiger partial charge is 0.239 e. The number of nitrogen functional groups attached to an aromatic ring is 1. The lowest BCUT2D eigenvalue weighted by molar-refractivity contribution is -0.132. The molecule has 0 bridgehead atoms. The fourth-order valence-corrected chi connectivity index (χ4v) is 2.28. The predicted octanol–water partition coefficient (Wildman–Crippen LogP) is 0.869. The molecule has 0 aromatic heterocycles. The molecule has 1 heterocycles. The van der Waals surface area contributed by atoms with Crippen LogP contribution in [0.15, 0.2) is 18.2 Å². The Morgan fingerprint density at radius 3 is 3.11 bits per heavy atom. The van der Waals surface area contributed by atoms with Crippen molar-refractivity contribution in [2.45, 2.75) is 12.6 Å². The van der Waals surface area contributed by atoms with Crippen molar-refractivity contribution >= 4 is 23.2 Å². The van der Waals surface area contributed by atoms with Crippen LogP contribution in [0.2, 0.25) is 5.02 Å². The van der Waals surface area contributed by atoms with E-state index in [1.807, 2.05) is 12.1 Å². The maximum atomic E-state index is 11.8. The molecule has 1 atom stereocenters. The van der Waals surface area contributed by atoms with Crippen molar-refractivity contribution in [2.24, 2.45) is 0 Å². The Balaban J connectivity index is 2.10. The third kappa shape index (κ3) is 3.37. The van der Waals surface area contributed by atoms with Gasteiger partial charge in [-0.05, 0) is 17.7 Å². The van der Waals surface area contributed by atoms with Crippen LogP contribution >= 0.6 is 11.6 Å². The first-order valence-electron chi connectivity index (χ1n) is 6.19. The number of likely N-dealkylation sites (N-methyl/N-ethyl adjacent to an activating group) is 1. The molecule has 1 aliphatic rings. The van der Waals surface area contributed by atoms with Crippen LogP contribution in [0.3, 0.4) is 0 Å². The molecule has 6 heteroatoms. The van der Waals surface area contributed by atoms with Crippen molar-refractivity contribution in [2.75, 3.05) is 32.5 Å². The van der Waals surface area contributed by atoms with Crippen LogP contribution in [-0.4, -0.2) is 43.7 Å². The molecular formula is C13H18ClN3O2. The number of anilines is 1. The molecule has 0 saturated carbocycles. The third-order valence-electron chi connectivity index (χ3n) is 3.23. The van der Waals surface area contributed by atoms with Crippen molar-refractivity contribution in [3.8, 4) is 0 Å². The van der Waals surface area contributed by atoms with E-state index in [4.69, 9.17) is 22.1 Å². The summed E-state index contributed by atoms with van der Waals surface area (Å²) in [5.74, 6) is -0.0263. The molecule has 19 heavy (non-hydrogen) atoms. The number of hydrogen-bond acceptors (Lipinski definition) is 4. The first kappa shape index (κ1) is 14.1. The summed E-state index contributed by atoms with van der Waals surface area (Å²) in [4.78, 5) is 13.9. The maximum Gasteiger partial charge on any atom is 0.239 e. The standard InChI is InChI=1S/C13H18ClN3O2/c1-16-13(18)12-8-19-5-4-17(12)7-9-2-3-10(14)11(15)6-9/h2-3,6,12H,4-5,7-8,15H2,1H3,(H,16,18). The highest BCUT2D eigenvalue weighted by molar-refractivity contribution is 6.33. The molecule has 1 aromatic carbocycles. The number of nitrogens with two attached hydrogens (primary N) is 1. The summed E-state index contributed by atoms with van der Waals surface area (Å²) < 4.78 is 5.37. The maximum absolute atomic E-state index is 11.8. The number of rotatable bonds is 3. The van der Waals surface area contributed by atoms with Crippen LogP contribution in [0.25, 0.3) is 0 Å². The minimum atomic E-state index is -0.254. The third-order valence-corrected chi connectivity index (χ3v) is 3.58. The summed E-state index contributed by atoms with van der Waals surface area (Å²) in [7, 11) is 1.63. The summed E-state index contributed by atoms with van der Waals surface area (Å²) >= 11 is 5.90. The summed E-state index contributed by atoms with van der Waals surface area (Å²) in [6.07, 6.45) is 0. The van der Waals surface area contributed by atoms with Crippen molar-refractivity contribution in [1.29, 1.82) is 0 Å². The Morgan fingerprint density at radius 1 is 1.63 bits per heavy atom. The van der Waals surface area contributed by atoms with Crippen LogP contribution in [0.5, 0.6) is 0 Å². The van der Waals surface area contributed by atoms with Gasteiger partial charge in [0, 0.05) is 20.1 Å². The van der Waals surface area contributed by atoms with Gasteiger partial charge in [0.15, 0.2) is 0 Å². The Labute approximate surface area is 117 Å². The average Bonchev–Trinajstić information content (AvgIpc) is 2.43. The van der Waals surface area contributed by atoms with Gasteiger partial charge in [0.2, 0.25) is 5.91 Å². The number of halogens is 1. The lowest BCUT2D eigenvalue weighted by Gasteiger charge is -2.34. The van der Waals surface area contributed by atoms with Crippen LogP contribution < -0.4 is 11.1 Å². The van der Waals surface area contributed by atoms with Gasteiger partial charge in [-0.15, -0.1) is 0 Å². The fraction of sp³-hybridized carbons (Fsp3) is 0.462. The van der Waals surface area contributed by atoms with Gasteiger partial charge in [0.25, 0.3) is 0 Å². The molecule has 5 nitrogen and oxygen atoms in total. The van der Waals surface area contributed by atoms with E-state index in [9.17, 15) is 4.79 Å². The molecule has 2 rings (SSSR count). The number of carbonyl (C=O) groups excluding carboxylic acids is 1. The van der Waals surface area contributed by atoms with Crippen molar-refractivity contribution in [1.82, 2.24) is 10.2 Å². The zero-order chi connectivity index (χ0) is 13.8. The van der Waals surface area contributed by atoms with Crippen LogP contribution in [0.1, 0.15) is 5.56 Å². The van der Waals surface area contributed by atoms with Gasteiger partial charge in [-0.25, -0.2) is 0 Å². The van der Waals surface area contributed by atoms with E-state index in [1.54, 1.807) is 13.1 Å². The van der Waals surface area contributed by atoms with Gasteiger partial charge in [-0.3, -0.25) is 9.69 Å². The molecule has 1 fully saturated rings. The summed E-state index contributed by atoms with van der Waals surface area (Å²) in [5.41, 5.74) is 7.39. The minimum Gasteiger partial charge on any atom is -0.398 e. The number of nitrogens with one attached hydrogen (secondary N) is 1. The molecule has 1 saturated heterocycles.